The molecule has 0 unspecified atom stereocenters. The van der Waals surface area contributed by atoms with Gasteiger partial charge in [0.25, 0.3) is 0 Å². The van der Waals surface area contributed by atoms with Crippen molar-refractivity contribution in [3.63, 3.8) is 0 Å². The summed E-state index contributed by atoms with van der Waals surface area (Å²) in [6, 6.07) is 27.4. The van der Waals surface area contributed by atoms with Gasteiger partial charge in [-0.25, -0.2) is 4.79 Å². The number of imide groups is 1. The van der Waals surface area contributed by atoms with E-state index in [1.807, 2.05) is 66.7 Å². The predicted molar refractivity (Wildman–Crippen MR) is 175 cm³/mol. The molecule has 0 saturated carbocycles. The Balaban J connectivity index is 1.61. The lowest BCUT2D eigenvalue weighted by Gasteiger charge is -2.29. The van der Waals surface area contributed by atoms with Crippen LogP contribution in [-0.2, 0) is 22.6 Å². The number of nitrogens with two attached hydrogens (primary N) is 2. The maximum atomic E-state index is 13.8. The smallest absolute Gasteiger partial charge is 0.408 e. The van der Waals surface area contributed by atoms with E-state index in [0.717, 1.165) is 21.2 Å². The number of nitrogens with one attached hydrogen (secondary N) is 2. The first-order valence-electron chi connectivity index (χ1n) is 14.6. The second-order valence-electron chi connectivity index (χ2n) is 10.5. The minimum Gasteiger partial charge on any atom is -0.496 e. The molecule has 11 nitrogen and oxygen atoms in total. The molecule has 4 rings (SSSR count). The van der Waals surface area contributed by atoms with E-state index >= 15 is 0 Å². The summed E-state index contributed by atoms with van der Waals surface area (Å²) in [5.74, 6) is -0.782. The molecule has 234 valence electrons. The minimum atomic E-state index is -1.28. The third-order valence-electron chi connectivity index (χ3n) is 7.29. The van der Waals surface area contributed by atoms with Crippen LogP contribution >= 0.6 is 0 Å². The fraction of sp³-hybridized carbons (Fsp3) is 0.235. The van der Waals surface area contributed by atoms with Gasteiger partial charge < -0.3 is 26.6 Å². The average molecular weight is 611 g/mol. The lowest BCUT2D eigenvalue weighted by molar-refractivity contribution is -0.134. The van der Waals surface area contributed by atoms with Crippen molar-refractivity contribution in [3.8, 4) is 5.75 Å². The van der Waals surface area contributed by atoms with Crippen LogP contribution in [0.5, 0.6) is 5.75 Å². The minimum absolute atomic E-state index is 0.0354. The van der Waals surface area contributed by atoms with Gasteiger partial charge in [0.1, 0.15) is 17.8 Å². The van der Waals surface area contributed by atoms with Crippen molar-refractivity contribution in [2.45, 2.75) is 37.9 Å². The lowest BCUT2D eigenvalue weighted by Crippen LogP contribution is -2.53. The molecule has 0 heterocycles. The van der Waals surface area contributed by atoms with E-state index < -0.39 is 30.0 Å². The van der Waals surface area contributed by atoms with Crippen LogP contribution in [0, 0.1) is 0 Å². The molecule has 0 bridgehead atoms. The number of ether oxygens (including phenoxy) is 1. The first-order chi connectivity index (χ1) is 21.7. The summed E-state index contributed by atoms with van der Waals surface area (Å²) in [6.45, 7) is 0.246. The molecule has 0 aliphatic carbocycles. The van der Waals surface area contributed by atoms with Gasteiger partial charge in [-0.3, -0.25) is 24.8 Å². The van der Waals surface area contributed by atoms with Gasteiger partial charge in [-0.2, -0.15) is 0 Å². The number of aliphatic imine (C=N–C) groups is 1. The SMILES string of the molecule is COc1cc(N[C@@H](CCCN=C(N)N)C(=O)NC(=O)[C@H](Cc2ccccc2)N(Cc2ccccc2)C(=O)O)cc2ccccc12. The number of guanidine groups is 1. The number of benzene rings is 4. The summed E-state index contributed by atoms with van der Waals surface area (Å²) in [5, 5.41) is 17.7. The molecule has 0 aromatic heterocycles. The van der Waals surface area contributed by atoms with Crippen molar-refractivity contribution < 1.29 is 24.2 Å². The van der Waals surface area contributed by atoms with Crippen LogP contribution in [0.2, 0.25) is 0 Å². The molecule has 45 heavy (non-hydrogen) atoms. The normalized spacial score (nSPS) is 12.0. The molecular weight excluding hydrogens is 572 g/mol. The molecular formula is C34H38N6O5. The molecule has 4 aromatic rings. The molecule has 2 atom stereocenters. The summed E-state index contributed by atoms with van der Waals surface area (Å²) in [6.07, 6.45) is -0.493. The van der Waals surface area contributed by atoms with Crippen LogP contribution in [0.25, 0.3) is 10.8 Å². The zero-order valence-electron chi connectivity index (χ0n) is 25.1. The molecule has 3 amide bonds. The highest BCUT2D eigenvalue weighted by Crippen LogP contribution is 2.30. The molecule has 4 aromatic carbocycles. The van der Waals surface area contributed by atoms with Gasteiger partial charge >= 0.3 is 6.09 Å². The van der Waals surface area contributed by atoms with E-state index in [1.165, 1.54) is 0 Å². The Kier molecular flexibility index (Phi) is 11.3. The standard InChI is InChI=1S/C34H38N6O5/c1-45-30-21-26(20-25-15-8-9-16-27(25)30)38-28(17-10-18-37-33(35)36)31(41)39-32(42)29(19-23-11-4-2-5-12-23)40(34(43)44)22-24-13-6-3-7-14-24/h2-9,11-16,20-21,28-29,38H,10,17-19,22H2,1H3,(H,43,44)(H4,35,36,37)(H,39,41,42)/t28-,29-/m0/s1. The third kappa shape index (κ3) is 9.20. The Hall–Kier alpha value is -5.58. The predicted octanol–water partition coefficient (Wildman–Crippen LogP) is 4.12. The number of carboxylic acid groups (broad SMARTS) is 1. The van der Waals surface area contributed by atoms with Crippen LogP contribution in [0.15, 0.2) is 102 Å². The lowest BCUT2D eigenvalue weighted by atomic mass is 10.0. The van der Waals surface area contributed by atoms with E-state index in [-0.39, 0.29) is 31.9 Å². The van der Waals surface area contributed by atoms with Crippen LogP contribution in [-0.4, -0.2) is 59.6 Å². The zero-order valence-corrected chi connectivity index (χ0v) is 25.1. The van der Waals surface area contributed by atoms with E-state index in [9.17, 15) is 19.5 Å². The van der Waals surface area contributed by atoms with E-state index in [2.05, 4.69) is 15.6 Å². The van der Waals surface area contributed by atoms with E-state index in [0.29, 0.717) is 23.4 Å². The van der Waals surface area contributed by atoms with Gasteiger partial charge in [-0.1, -0.05) is 84.9 Å². The molecule has 0 aliphatic rings. The van der Waals surface area contributed by atoms with Crippen molar-refractivity contribution in [1.29, 1.82) is 0 Å². The van der Waals surface area contributed by atoms with Crippen molar-refractivity contribution in [2.24, 2.45) is 16.5 Å². The number of hydrogen-bond acceptors (Lipinski definition) is 6. The number of carbonyl (C=O) groups is 3. The Morgan fingerprint density at radius 1 is 0.889 bits per heavy atom. The maximum absolute atomic E-state index is 13.8. The number of hydrogen-bond donors (Lipinski definition) is 5. The van der Waals surface area contributed by atoms with Gasteiger partial charge in [-0.05, 0) is 35.4 Å². The van der Waals surface area contributed by atoms with Gasteiger partial charge in [-0.15, -0.1) is 0 Å². The third-order valence-corrected chi connectivity index (χ3v) is 7.29. The monoisotopic (exact) mass is 610 g/mol. The Morgan fingerprint density at radius 3 is 2.18 bits per heavy atom. The van der Waals surface area contributed by atoms with Crippen LogP contribution in [0.3, 0.4) is 0 Å². The first-order valence-corrected chi connectivity index (χ1v) is 14.6. The van der Waals surface area contributed by atoms with Crippen molar-refractivity contribution in [1.82, 2.24) is 10.2 Å². The number of carbonyl (C=O) groups excluding carboxylic acids is 2. The van der Waals surface area contributed by atoms with Gasteiger partial charge in [0.2, 0.25) is 11.8 Å². The van der Waals surface area contributed by atoms with E-state index in [4.69, 9.17) is 16.2 Å². The van der Waals surface area contributed by atoms with Gasteiger partial charge in [0.15, 0.2) is 5.96 Å². The second-order valence-corrected chi connectivity index (χ2v) is 10.5. The fourth-order valence-electron chi connectivity index (χ4n) is 5.07. The summed E-state index contributed by atoms with van der Waals surface area (Å²) in [5.41, 5.74) is 13.0. The summed E-state index contributed by atoms with van der Waals surface area (Å²) in [7, 11) is 1.57. The quantitative estimate of drug-likeness (QED) is 0.0806. The highest BCUT2D eigenvalue weighted by atomic mass is 16.5. The van der Waals surface area contributed by atoms with Crippen molar-refractivity contribution in [2.75, 3.05) is 19.0 Å². The average Bonchev–Trinajstić information content (AvgIpc) is 3.04. The number of nitrogens with zero attached hydrogens (tertiary/aromatic N) is 2. The Bertz CT molecular complexity index is 1630. The molecule has 0 radical (unpaired) electrons. The Labute approximate surface area is 261 Å². The molecule has 11 heteroatoms. The number of methoxy groups -OCH3 is 1. The zero-order chi connectivity index (χ0) is 32.2. The van der Waals surface area contributed by atoms with Crippen LogP contribution in [0.1, 0.15) is 24.0 Å². The maximum Gasteiger partial charge on any atom is 0.408 e. The van der Waals surface area contributed by atoms with Crippen molar-refractivity contribution >= 4 is 40.3 Å². The van der Waals surface area contributed by atoms with Crippen LogP contribution in [0.4, 0.5) is 10.5 Å². The number of amides is 3. The molecule has 0 fully saturated rings. The van der Waals surface area contributed by atoms with Crippen molar-refractivity contribution in [3.05, 3.63) is 108 Å². The van der Waals surface area contributed by atoms with E-state index in [1.54, 1.807) is 37.4 Å². The number of rotatable bonds is 14. The van der Waals surface area contributed by atoms with Gasteiger partial charge in [0.05, 0.1) is 7.11 Å². The van der Waals surface area contributed by atoms with Crippen LogP contribution < -0.4 is 26.8 Å². The fourth-order valence-corrected chi connectivity index (χ4v) is 5.07. The molecule has 0 spiro atoms. The topological polar surface area (TPSA) is 172 Å². The summed E-state index contributed by atoms with van der Waals surface area (Å²) >= 11 is 0. The number of fused-ring (bicyclic) bond motifs is 1. The first kappa shape index (κ1) is 32.3. The molecule has 0 saturated heterocycles. The Morgan fingerprint density at radius 2 is 1.53 bits per heavy atom. The summed E-state index contributed by atoms with van der Waals surface area (Å²) < 4.78 is 5.58. The molecule has 0 aliphatic heterocycles. The highest BCUT2D eigenvalue weighted by Gasteiger charge is 2.32. The largest absolute Gasteiger partial charge is 0.496 e. The second kappa shape index (κ2) is 15.8. The molecule has 7 N–H and O–H groups in total. The summed E-state index contributed by atoms with van der Waals surface area (Å²) in [4.78, 5) is 45.1. The number of anilines is 1. The van der Waals surface area contributed by atoms with Gasteiger partial charge in [0, 0.05) is 36.7 Å². The highest BCUT2D eigenvalue weighted by molar-refractivity contribution is 6.02.